The summed E-state index contributed by atoms with van der Waals surface area (Å²) in [7, 11) is 0. The summed E-state index contributed by atoms with van der Waals surface area (Å²) in [5.41, 5.74) is 2.96. The van der Waals surface area contributed by atoms with Gasteiger partial charge < -0.3 is 5.32 Å². The van der Waals surface area contributed by atoms with E-state index in [2.05, 4.69) is 5.32 Å². The summed E-state index contributed by atoms with van der Waals surface area (Å²) < 4.78 is 0. The third-order valence-electron chi connectivity index (χ3n) is 5.61. The molecular weight excluding hydrogens is 366 g/mol. The maximum Gasteiger partial charge on any atom is 0.240 e. The van der Waals surface area contributed by atoms with Crippen molar-refractivity contribution in [2.75, 3.05) is 0 Å². The number of carbonyl (C=O) groups excluding carboxylic acids is 1. The van der Waals surface area contributed by atoms with Gasteiger partial charge in [-0.05, 0) is 29.2 Å². The van der Waals surface area contributed by atoms with E-state index < -0.39 is 5.41 Å². The fourth-order valence-electron chi connectivity index (χ4n) is 4.09. The number of hydrogen-bond acceptors (Lipinski definition) is 1. The van der Waals surface area contributed by atoms with E-state index in [1.807, 2.05) is 128 Å². The SMILES string of the molecule is CC(NC(=O)C(c1ccccc1)(c1ccccc1)c1ccccc1)c1ccccc1. The van der Waals surface area contributed by atoms with E-state index in [-0.39, 0.29) is 11.9 Å². The van der Waals surface area contributed by atoms with E-state index >= 15 is 0 Å². The van der Waals surface area contributed by atoms with Gasteiger partial charge >= 0.3 is 0 Å². The van der Waals surface area contributed by atoms with Crippen LogP contribution in [0.5, 0.6) is 0 Å². The predicted molar refractivity (Wildman–Crippen MR) is 122 cm³/mol. The lowest BCUT2D eigenvalue weighted by Crippen LogP contribution is -2.47. The highest BCUT2D eigenvalue weighted by atomic mass is 16.2. The third kappa shape index (κ3) is 3.65. The van der Waals surface area contributed by atoms with Crippen LogP contribution >= 0.6 is 0 Å². The molecule has 0 bridgehead atoms. The summed E-state index contributed by atoms with van der Waals surface area (Å²) >= 11 is 0. The number of benzene rings is 4. The van der Waals surface area contributed by atoms with E-state index in [4.69, 9.17) is 0 Å². The Morgan fingerprint density at radius 1 is 0.600 bits per heavy atom. The van der Waals surface area contributed by atoms with Crippen molar-refractivity contribution in [2.45, 2.75) is 18.4 Å². The first-order valence-electron chi connectivity index (χ1n) is 10.3. The standard InChI is InChI=1S/C28H25NO/c1-22(23-14-6-2-7-15-23)29-27(30)28(24-16-8-3-9-17-24,25-18-10-4-11-19-25)26-20-12-5-13-21-26/h2-22H,1H3,(H,29,30). The average Bonchev–Trinajstić information content (AvgIpc) is 2.82. The summed E-state index contributed by atoms with van der Waals surface area (Å²) in [6, 6.07) is 40.0. The monoisotopic (exact) mass is 391 g/mol. The zero-order valence-electron chi connectivity index (χ0n) is 17.0. The quantitative estimate of drug-likeness (QED) is 0.408. The summed E-state index contributed by atoms with van der Waals surface area (Å²) in [6.07, 6.45) is 0. The number of rotatable bonds is 6. The molecule has 0 fully saturated rings. The number of amides is 1. The van der Waals surface area contributed by atoms with E-state index in [1.165, 1.54) is 0 Å². The molecule has 1 amide bonds. The lowest BCUT2D eigenvalue weighted by molar-refractivity contribution is -0.124. The van der Waals surface area contributed by atoms with Gasteiger partial charge in [-0.1, -0.05) is 121 Å². The number of hydrogen-bond donors (Lipinski definition) is 1. The smallest absolute Gasteiger partial charge is 0.240 e. The zero-order chi connectivity index (χ0) is 20.8. The molecular formula is C28H25NO. The Bertz CT molecular complexity index is 980. The Kier molecular flexibility index (Phi) is 5.76. The first kappa shape index (κ1) is 19.7. The normalized spacial score (nSPS) is 12.2. The molecule has 4 rings (SSSR count). The molecule has 0 aliphatic rings. The van der Waals surface area contributed by atoms with Crippen LogP contribution in [0.15, 0.2) is 121 Å². The number of nitrogens with one attached hydrogen (secondary N) is 1. The maximum atomic E-state index is 14.1. The van der Waals surface area contributed by atoms with Crippen molar-refractivity contribution >= 4 is 5.91 Å². The summed E-state index contributed by atoms with van der Waals surface area (Å²) in [6.45, 7) is 2.03. The van der Waals surface area contributed by atoms with Crippen LogP contribution in [-0.2, 0) is 10.2 Å². The lowest BCUT2D eigenvalue weighted by atomic mass is 9.68. The van der Waals surface area contributed by atoms with Gasteiger partial charge in [0.2, 0.25) is 5.91 Å². The molecule has 0 aliphatic carbocycles. The molecule has 30 heavy (non-hydrogen) atoms. The molecule has 1 atom stereocenters. The van der Waals surface area contributed by atoms with Crippen LogP contribution in [0.2, 0.25) is 0 Å². The second-order valence-corrected chi connectivity index (χ2v) is 7.45. The highest BCUT2D eigenvalue weighted by Crippen LogP contribution is 2.40. The van der Waals surface area contributed by atoms with Crippen LogP contribution in [0.4, 0.5) is 0 Å². The van der Waals surface area contributed by atoms with Crippen molar-refractivity contribution in [3.05, 3.63) is 144 Å². The van der Waals surface area contributed by atoms with Gasteiger partial charge in [0.15, 0.2) is 0 Å². The van der Waals surface area contributed by atoms with Gasteiger partial charge in [0.25, 0.3) is 0 Å². The van der Waals surface area contributed by atoms with Gasteiger partial charge in [0, 0.05) is 0 Å². The Balaban J connectivity index is 1.90. The molecule has 0 radical (unpaired) electrons. The van der Waals surface area contributed by atoms with E-state index in [0.717, 1.165) is 22.3 Å². The molecule has 0 aromatic heterocycles. The Morgan fingerprint density at radius 3 is 1.30 bits per heavy atom. The van der Waals surface area contributed by atoms with Gasteiger partial charge in [0.05, 0.1) is 6.04 Å². The molecule has 0 saturated carbocycles. The molecule has 2 heteroatoms. The van der Waals surface area contributed by atoms with Crippen LogP contribution in [0, 0.1) is 0 Å². The Morgan fingerprint density at radius 2 is 0.933 bits per heavy atom. The zero-order valence-corrected chi connectivity index (χ0v) is 17.0. The topological polar surface area (TPSA) is 29.1 Å². The summed E-state index contributed by atoms with van der Waals surface area (Å²) in [5, 5.41) is 3.29. The molecule has 4 aromatic rings. The Hall–Kier alpha value is -3.65. The highest BCUT2D eigenvalue weighted by Gasteiger charge is 2.44. The second-order valence-electron chi connectivity index (χ2n) is 7.45. The van der Waals surface area contributed by atoms with E-state index in [9.17, 15) is 4.79 Å². The van der Waals surface area contributed by atoms with Crippen molar-refractivity contribution in [3.8, 4) is 0 Å². The van der Waals surface area contributed by atoms with E-state index in [1.54, 1.807) is 0 Å². The van der Waals surface area contributed by atoms with Crippen molar-refractivity contribution in [1.82, 2.24) is 5.32 Å². The predicted octanol–water partition coefficient (Wildman–Crippen LogP) is 5.90. The molecule has 0 saturated heterocycles. The van der Waals surface area contributed by atoms with Crippen molar-refractivity contribution in [1.29, 1.82) is 0 Å². The van der Waals surface area contributed by atoms with Crippen LogP contribution in [0.25, 0.3) is 0 Å². The molecule has 148 valence electrons. The fourth-order valence-corrected chi connectivity index (χ4v) is 4.09. The minimum atomic E-state index is -0.952. The first-order valence-corrected chi connectivity index (χ1v) is 10.3. The average molecular weight is 392 g/mol. The minimum Gasteiger partial charge on any atom is -0.348 e. The summed E-state index contributed by atoms with van der Waals surface area (Å²) in [5.74, 6) is -0.0394. The van der Waals surface area contributed by atoms with Gasteiger partial charge in [-0.2, -0.15) is 0 Å². The molecule has 1 N–H and O–H groups in total. The molecule has 0 heterocycles. The number of carbonyl (C=O) groups is 1. The maximum absolute atomic E-state index is 14.1. The van der Waals surface area contributed by atoms with Crippen molar-refractivity contribution in [2.24, 2.45) is 0 Å². The molecule has 0 aliphatic heterocycles. The summed E-state index contributed by atoms with van der Waals surface area (Å²) in [4.78, 5) is 14.1. The molecule has 2 nitrogen and oxygen atoms in total. The third-order valence-corrected chi connectivity index (χ3v) is 5.61. The van der Waals surface area contributed by atoms with E-state index in [0.29, 0.717) is 0 Å². The fraction of sp³-hybridized carbons (Fsp3) is 0.107. The minimum absolute atomic E-state index is 0.0394. The van der Waals surface area contributed by atoms with Gasteiger partial charge in [-0.3, -0.25) is 4.79 Å². The molecule has 0 spiro atoms. The largest absolute Gasteiger partial charge is 0.348 e. The van der Waals surface area contributed by atoms with Crippen molar-refractivity contribution in [3.63, 3.8) is 0 Å². The molecule has 4 aromatic carbocycles. The first-order chi connectivity index (χ1) is 14.7. The second kappa shape index (κ2) is 8.79. The van der Waals surface area contributed by atoms with Crippen LogP contribution in [0.3, 0.4) is 0 Å². The van der Waals surface area contributed by atoms with Gasteiger partial charge in [-0.15, -0.1) is 0 Å². The van der Waals surface area contributed by atoms with Crippen LogP contribution in [0.1, 0.15) is 35.2 Å². The highest BCUT2D eigenvalue weighted by molar-refractivity contribution is 5.96. The molecule has 1 unspecified atom stereocenters. The van der Waals surface area contributed by atoms with Crippen LogP contribution in [-0.4, -0.2) is 5.91 Å². The lowest BCUT2D eigenvalue weighted by Gasteiger charge is -2.35. The van der Waals surface area contributed by atoms with Gasteiger partial charge in [-0.25, -0.2) is 0 Å². The Labute approximate surface area is 178 Å². The van der Waals surface area contributed by atoms with Gasteiger partial charge in [0.1, 0.15) is 5.41 Å². The van der Waals surface area contributed by atoms with Crippen molar-refractivity contribution < 1.29 is 4.79 Å². The van der Waals surface area contributed by atoms with Crippen LogP contribution < -0.4 is 5.32 Å².